The topological polar surface area (TPSA) is 65.7 Å². The Kier molecular flexibility index (Phi) is 5.88. The second kappa shape index (κ2) is 8.31. The smallest absolute Gasteiger partial charge is 0.251 e. The molecule has 1 amide bonds. The molecular weight excluding hydrogens is 352 g/mol. The van der Waals surface area contributed by atoms with Gasteiger partial charge in [0.05, 0.1) is 26.0 Å². The Morgan fingerprint density at radius 2 is 2.15 bits per heavy atom. The van der Waals surface area contributed by atoms with E-state index in [4.69, 9.17) is 9.47 Å². The fraction of sp³-hybridized carbons (Fsp3) is 0.368. The number of amides is 1. The molecule has 7 heteroatoms. The first-order chi connectivity index (χ1) is 12.6. The lowest BCUT2D eigenvalue weighted by Gasteiger charge is -2.26. The summed E-state index contributed by atoms with van der Waals surface area (Å²) in [5.74, 6) is 1.75. The number of benzene rings is 1. The molecule has 1 fully saturated rings. The van der Waals surface area contributed by atoms with Gasteiger partial charge < -0.3 is 19.6 Å². The maximum atomic E-state index is 12.8. The summed E-state index contributed by atoms with van der Waals surface area (Å²) in [7, 11) is 3.25. The molecule has 1 aromatic carbocycles. The number of hydrogen-bond donors (Lipinski definition) is 0. The average Bonchev–Trinajstić information content (AvgIpc) is 3.16. The lowest BCUT2D eigenvalue weighted by Crippen LogP contribution is -2.33. The molecule has 138 valence electrons. The molecule has 0 spiro atoms. The molecule has 3 rings (SSSR count). The van der Waals surface area contributed by atoms with Crippen LogP contribution in [0.25, 0.3) is 0 Å². The van der Waals surface area contributed by atoms with Crippen LogP contribution >= 0.6 is 11.8 Å². The number of carbonyl (C=O) groups is 1. The molecule has 0 aliphatic carbocycles. The van der Waals surface area contributed by atoms with Crippen molar-refractivity contribution < 1.29 is 19.0 Å². The van der Waals surface area contributed by atoms with Gasteiger partial charge in [0.1, 0.15) is 11.5 Å². The quantitative estimate of drug-likeness (QED) is 0.442. The van der Waals surface area contributed by atoms with Gasteiger partial charge in [-0.25, -0.2) is 0 Å². The van der Waals surface area contributed by atoms with Gasteiger partial charge in [-0.3, -0.25) is 4.79 Å². The summed E-state index contributed by atoms with van der Waals surface area (Å²) in [5, 5.41) is 12.3. The molecule has 0 N–H and O–H groups in total. The molecule has 1 aliphatic rings. The van der Waals surface area contributed by atoms with E-state index in [1.807, 2.05) is 23.1 Å². The standard InChI is InChI=1S/C19H22N2O4S/c1-24-14-8-9-17(25-2)15(12-14)16-6-5-10-20(16)18(22)13-26-19-7-3-4-11-21(19)23/h3-4,7-9,11-12,16H,5-6,10,13H2,1-2H3. The zero-order chi connectivity index (χ0) is 18.5. The lowest BCUT2D eigenvalue weighted by atomic mass is 10.0. The number of pyridine rings is 1. The number of rotatable bonds is 6. The van der Waals surface area contributed by atoms with Crippen LogP contribution in [0, 0.1) is 5.21 Å². The molecule has 1 atom stereocenters. The highest BCUT2D eigenvalue weighted by Crippen LogP contribution is 2.39. The predicted octanol–water partition coefficient (Wildman–Crippen LogP) is 2.79. The Morgan fingerprint density at radius 1 is 1.31 bits per heavy atom. The van der Waals surface area contributed by atoms with Crippen molar-refractivity contribution in [3.05, 3.63) is 53.4 Å². The summed E-state index contributed by atoms with van der Waals surface area (Å²) in [6.45, 7) is 0.705. The number of methoxy groups -OCH3 is 2. The summed E-state index contributed by atoms with van der Waals surface area (Å²) in [4.78, 5) is 14.7. The van der Waals surface area contributed by atoms with Crippen molar-refractivity contribution in [2.24, 2.45) is 0 Å². The number of nitrogens with zero attached hydrogens (tertiary/aromatic N) is 2. The molecule has 2 aromatic rings. The number of carbonyl (C=O) groups excluding carboxylic acids is 1. The molecule has 0 saturated carbocycles. The molecule has 0 radical (unpaired) electrons. The highest BCUT2D eigenvalue weighted by atomic mass is 32.2. The molecule has 1 saturated heterocycles. The van der Waals surface area contributed by atoms with Crippen molar-refractivity contribution >= 4 is 17.7 Å². The van der Waals surface area contributed by atoms with Gasteiger partial charge in [0.2, 0.25) is 5.91 Å². The van der Waals surface area contributed by atoms with Gasteiger partial charge in [-0.05, 0) is 48.9 Å². The van der Waals surface area contributed by atoms with Crippen LogP contribution in [0.1, 0.15) is 24.4 Å². The first kappa shape index (κ1) is 18.4. The minimum absolute atomic E-state index is 0.0197. The highest BCUT2D eigenvalue weighted by molar-refractivity contribution is 7.99. The summed E-state index contributed by atoms with van der Waals surface area (Å²) in [6.07, 6.45) is 3.26. The summed E-state index contributed by atoms with van der Waals surface area (Å²) in [5.41, 5.74) is 0.960. The number of likely N-dealkylation sites (tertiary alicyclic amines) is 1. The highest BCUT2D eigenvalue weighted by Gasteiger charge is 2.32. The SMILES string of the molecule is COc1ccc(OC)c(C2CCCN2C(=O)CSc2cccc[n+]2[O-])c1. The molecule has 0 bridgehead atoms. The maximum absolute atomic E-state index is 12.8. The Balaban J connectivity index is 1.75. The van der Waals surface area contributed by atoms with Gasteiger partial charge in [0, 0.05) is 24.2 Å². The van der Waals surface area contributed by atoms with Crippen LogP contribution in [0.4, 0.5) is 0 Å². The Morgan fingerprint density at radius 3 is 2.88 bits per heavy atom. The van der Waals surface area contributed by atoms with E-state index in [0.717, 1.165) is 34.6 Å². The van der Waals surface area contributed by atoms with Crippen molar-refractivity contribution in [3.63, 3.8) is 0 Å². The molecule has 1 aliphatic heterocycles. The van der Waals surface area contributed by atoms with Gasteiger partial charge in [-0.1, -0.05) is 0 Å². The molecule has 2 heterocycles. The van der Waals surface area contributed by atoms with Crippen LogP contribution in [0.5, 0.6) is 11.5 Å². The second-order valence-electron chi connectivity index (χ2n) is 6.01. The monoisotopic (exact) mass is 374 g/mol. The minimum Gasteiger partial charge on any atom is -0.618 e. The third-order valence-electron chi connectivity index (χ3n) is 4.50. The van der Waals surface area contributed by atoms with Crippen molar-refractivity contribution in [2.45, 2.75) is 23.9 Å². The second-order valence-corrected chi connectivity index (χ2v) is 7.00. The van der Waals surface area contributed by atoms with E-state index in [0.29, 0.717) is 11.6 Å². The van der Waals surface area contributed by atoms with E-state index in [-0.39, 0.29) is 17.7 Å². The van der Waals surface area contributed by atoms with E-state index in [1.54, 1.807) is 32.4 Å². The van der Waals surface area contributed by atoms with Crippen LogP contribution in [0.2, 0.25) is 0 Å². The van der Waals surface area contributed by atoms with E-state index >= 15 is 0 Å². The number of thioether (sulfide) groups is 1. The first-order valence-corrected chi connectivity index (χ1v) is 9.45. The van der Waals surface area contributed by atoms with Crippen molar-refractivity contribution in [2.75, 3.05) is 26.5 Å². The van der Waals surface area contributed by atoms with Gasteiger partial charge >= 0.3 is 0 Å². The maximum Gasteiger partial charge on any atom is 0.251 e. The zero-order valence-electron chi connectivity index (χ0n) is 14.9. The van der Waals surface area contributed by atoms with Crippen molar-refractivity contribution in [3.8, 4) is 11.5 Å². The summed E-state index contributed by atoms with van der Waals surface area (Å²) in [6, 6.07) is 10.8. The molecule has 26 heavy (non-hydrogen) atoms. The van der Waals surface area contributed by atoms with E-state index in [9.17, 15) is 10.0 Å². The average molecular weight is 374 g/mol. The van der Waals surface area contributed by atoms with Gasteiger partial charge in [0.15, 0.2) is 6.20 Å². The number of hydrogen-bond acceptors (Lipinski definition) is 5. The van der Waals surface area contributed by atoms with Crippen LogP contribution < -0.4 is 14.2 Å². The normalized spacial score (nSPS) is 16.5. The van der Waals surface area contributed by atoms with E-state index < -0.39 is 0 Å². The van der Waals surface area contributed by atoms with Gasteiger partial charge in [-0.15, -0.1) is 0 Å². The van der Waals surface area contributed by atoms with Crippen molar-refractivity contribution in [1.82, 2.24) is 4.90 Å². The predicted molar refractivity (Wildman–Crippen MR) is 99.4 cm³/mol. The number of ether oxygens (including phenoxy) is 2. The molecule has 6 nitrogen and oxygen atoms in total. The summed E-state index contributed by atoms with van der Waals surface area (Å²) >= 11 is 1.26. The fourth-order valence-electron chi connectivity index (χ4n) is 3.23. The van der Waals surface area contributed by atoms with Crippen LogP contribution in [0.3, 0.4) is 0 Å². The van der Waals surface area contributed by atoms with Gasteiger partial charge in [0.25, 0.3) is 5.03 Å². The Labute approximate surface area is 157 Å². The van der Waals surface area contributed by atoms with Crippen LogP contribution in [-0.4, -0.2) is 37.3 Å². The Bertz CT molecular complexity index is 784. The molecular formula is C19H22N2O4S. The van der Waals surface area contributed by atoms with E-state index in [1.165, 1.54) is 18.0 Å². The zero-order valence-corrected chi connectivity index (χ0v) is 15.7. The molecule has 1 unspecified atom stereocenters. The number of aromatic nitrogens is 1. The third-order valence-corrected chi connectivity index (χ3v) is 5.50. The van der Waals surface area contributed by atoms with Crippen LogP contribution in [0.15, 0.2) is 47.6 Å². The van der Waals surface area contributed by atoms with E-state index in [2.05, 4.69) is 0 Å². The largest absolute Gasteiger partial charge is 0.618 e. The van der Waals surface area contributed by atoms with Gasteiger partial charge in [-0.2, -0.15) is 4.73 Å². The van der Waals surface area contributed by atoms with Crippen molar-refractivity contribution in [1.29, 1.82) is 0 Å². The summed E-state index contributed by atoms with van der Waals surface area (Å²) < 4.78 is 11.6. The Hall–Kier alpha value is -2.41. The fourth-order valence-corrected chi connectivity index (χ4v) is 4.03. The lowest BCUT2D eigenvalue weighted by molar-refractivity contribution is -0.645. The third kappa shape index (κ3) is 3.88. The minimum atomic E-state index is -0.0386. The van der Waals surface area contributed by atoms with Crippen LogP contribution in [-0.2, 0) is 4.79 Å². The molecule has 1 aromatic heterocycles. The first-order valence-electron chi connectivity index (χ1n) is 8.46.